The van der Waals surface area contributed by atoms with Crippen molar-refractivity contribution >= 4 is 5.78 Å². The predicted octanol–water partition coefficient (Wildman–Crippen LogP) is 2.30. The van der Waals surface area contributed by atoms with Crippen molar-refractivity contribution in [1.82, 2.24) is 0 Å². The molecule has 0 amide bonds. The van der Waals surface area contributed by atoms with E-state index in [0.29, 0.717) is 17.6 Å². The molecule has 2 heteroatoms. The molecule has 0 aromatic carbocycles. The first-order chi connectivity index (χ1) is 6.63. The topological polar surface area (TPSA) is 37.3 Å². The van der Waals surface area contributed by atoms with E-state index in [0.717, 1.165) is 44.9 Å². The Bertz CT molecular complexity index is 218. The van der Waals surface area contributed by atoms with Crippen molar-refractivity contribution in [3.63, 3.8) is 0 Å². The van der Waals surface area contributed by atoms with Crippen LogP contribution in [0.3, 0.4) is 0 Å². The fraction of sp³-hybridized carbons (Fsp3) is 0.917. The highest BCUT2D eigenvalue weighted by Crippen LogP contribution is 2.49. The van der Waals surface area contributed by atoms with E-state index in [2.05, 4.69) is 6.92 Å². The zero-order valence-electron chi connectivity index (χ0n) is 8.96. The third kappa shape index (κ3) is 1.85. The molecule has 0 aliphatic heterocycles. The van der Waals surface area contributed by atoms with Gasteiger partial charge in [-0.25, -0.2) is 0 Å². The second kappa shape index (κ2) is 3.65. The highest BCUT2D eigenvalue weighted by molar-refractivity contribution is 5.81. The Labute approximate surface area is 85.7 Å². The third-order valence-electron chi connectivity index (χ3n) is 3.93. The van der Waals surface area contributed by atoms with Crippen LogP contribution in [0.15, 0.2) is 0 Å². The first-order valence-corrected chi connectivity index (χ1v) is 5.87. The van der Waals surface area contributed by atoms with Gasteiger partial charge in [0.15, 0.2) is 0 Å². The molecular formula is C12H20O2. The number of fused-ring (bicyclic) bond motifs is 1. The third-order valence-corrected chi connectivity index (χ3v) is 3.93. The molecular weight excluding hydrogens is 176 g/mol. The van der Waals surface area contributed by atoms with Gasteiger partial charge in [-0.15, -0.1) is 0 Å². The number of hydrogen-bond acceptors (Lipinski definition) is 2. The Balaban J connectivity index is 1.92. The molecule has 2 rings (SSSR count). The molecule has 1 N–H and O–H groups in total. The minimum absolute atomic E-state index is 0.414. The van der Waals surface area contributed by atoms with Gasteiger partial charge in [-0.2, -0.15) is 0 Å². The van der Waals surface area contributed by atoms with Gasteiger partial charge in [0.1, 0.15) is 5.78 Å². The van der Waals surface area contributed by atoms with Crippen LogP contribution in [0, 0.1) is 11.8 Å². The maximum Gasteiger partial charge on any atom is 0.133 e. The van der Waals surface area contributed by atoms with Crippen molar-refractivity contribution in [1.29, 1.82) is 0 Å². The van der Waals surface area contributed by atoms with Crippen LogP contribution in [0.5, 0.6) is 0 Å². The van der Waals surface area contributed by atoms with Gasteiger partial charge in [-0.3, -0.25) is 4.79 Å². The number of unbranched alkanes of at least 4 members (excludes halogenated alkanes) is 1. The lowest BCUT2D eigenvalue weighted by Gasteiger charge is -2.23. The van der Waals surface area contributed by atoms with Gasteiger partial charge >= 0.3 is 0 Å². The molecule has 2 aliphatic rings. The lowest BCUT2D eigenvalue weighted by atomic mass is 9.92. The van der Waals surface area contributed by atoms with Gasteiger partial charge in [0.05, 0.1) is 5.60 Å². The minimum atomic E-state index is -0.425. The highest BCUT2D eigenvalue weighted by Gasteiger charge is 2.47. The summed E-state index contributed by atoms with van der Waals surface area (Å²) in [5.74, 6) is 1.42. The summed E-state index contributed by atoms with van der Waals surface area (Å²) in [4.78, 5) is 11.2. The molecule has 0 spiro atoms. The molecule has 0 radical (unpaired) electrons. The van der Waals surface area contributed by atoms with Crippen LogP contribution in [0.1, 0.15) is 51.9 Å². The Morgan fingerprint density at radius 2 is 1.93 bits per heavy atom. The van der Waals surface area contributed by atoms with Crippen LogP contribution in [0.2, 0.25) is 0 Å². The summed E-state index contributed by atoms with van der Waals surface area (Å²) < 4.78 is 0. The van der Waals surface area contributed by atoms with Gasteiger partial charge in [0, 0.05) is 12.8 Å². The SMILES string of the molecule is CCCCC1(O)C[C@H]2CC(=O)C[C@H]2C1. The van der Waals surface area contributed by atoms with Gasteiger partial charge in [0.2, 0.25) is 0 Å². The normalized spacial score (nSPS) is 41.7. The molecule has 14 heavy (non-hydrogen) atoms. The van der Waals surface area contributed by atoms with E-state index in [-0.39, 0.29) is 0 Å². The molecule has 2 nitrogen and oxygen atoms in total. The minimum Gasteiger partial charge on any atom is -0.390 e. The zero-order valence-corrected chi connectivity index (χ0v) is 8.96. The van der Waals surface area contributed by atoms with E-state index in [4.69, 9.17) is 0 Å². The number of carbonyl (C=O) groups excluding carboxylic acids is 1. The first kappa shape index (κ1) is 10.2. The molecule has 2 saturated carbocycles. The lowest BCUT2D eigenvalue weighted by Crippen LogP contribution is -2.25. The quantitative estimate of drug-likeness (QED) is 0.752. The molecule has 0 heterocycles. The van der Waals surface area contributed by atoms with E-state index < -0.39 is 5.60 Å². The Morgan fingerprint density at radius 1 is 1.36 bits per heavy atom. The lowest BCUT2D eigenvalue weighted by molar-refractivity contribution is -0.118. The van der Waals surface area contributed by atoms with Crippen molar-refractivity contribution < 1.29 is 9.90 Å². The fourth-order valence-electron chi connectivity index (χ4n) is 3.25. The van der Waals surface area contributed by atoms with E-state index in [9.17, 15) is 9.90 Å². The number of ketones is 1. The summed E-state index contributed by atoms with van der Waals surface area (Å²) in [6.07, 6.45) is 6.43. The Morgan fingerprint density at radius 3 is 2.43 bits per heavy atom. The van der Waals surface area contributed by atoms with Crippen LogP contribution in [0.4, 0.5) is 0 Å². The molecule has 1 unspecified atom stereocenters. The number of hydrogen-bond donors (Lipinski definition) is 1. The van der Waals surface area contributed by atoms with Crippen LogP contribution < -0.4 is 0 Å². The fourth-order valence-corrected chi connectivity index (χ4v) is 3.25. The van der Waals surface area contributed by atoms with Crippen molar-refractivity contribution in [3.05, 3.63) is 0 Å². The summed E-state index contributed by atoms with van der Waals surface area (Å²) in [6.45, 7) is 2.16. The zero-order chi connectivity index (χ0) is 10.2. The molecule has 0 saturated heterocycles. The van der Waals surface area contributed by atoms with Crippen LogP contribution in [-0.4, -0.2) is 16.5 Å². The molecule has 0 aromatic rings. The van der Waals surface area contributed by atoms with E-state index in [1.807, 2.05) is 0 Å². The second-order valence-corrected chi connectivity index (χ2v) is 5.20. The summed E-state index contributed by atoms with van der Waals surface area (Å²) >= 11 is 0. The Hall–Kier alpha value is -0.370. The van der Waals surface area contributed by atoms with Crippen LogP contribution in [-0.2, 0) is 4.79 Å². The molecule has 0 bridgehead atoms. The van der Waals surface area contributed by atoms with Crippen LogP contribution in [0.25, 0.3) is 0 Å². The average molecular weight is 196 g/mol. The maximum absolute atomic E-state index is 11.2. The summed E-state index contributed by atoms with van der Waals surface area (Å²) in [5.41, 5.74) is -0.425. The standard InChI is InChI=1S/C12H20O2/c1-2-3-4-12(14)7-9-5-11(13)6-10(9)8-12/h9-10,14H,2-8H2,1H3/t9-,10+,12?. The highest BCUT2D eigenvalue weighted by atomic mass is 16.3. The van der Waals surface area contributed by atoms with Crippen molar-refractivity contribution in [3.8, 4) is 0 Å². The van der Waals surface area contributed by atoms with E-state index >= 15 is 0 Å². The Kier molecular flexibility index (Phi) is 2.65. The predicted molar refractivity (Wildman–Crippen MR) is 54.9 cm³/mol. The summed E-state index contributed by atoms with van der Waals surface area (Å²) in [6, 6.07) is 0. The van der Waals surface area contributed by atoms with E-state index in [1.54, 1.807) is 0 Å². The van der Waals surface area contributed by atoms with Gasteiger partial charge in [0.25, 0.3) is 0 Å². The van der Waals surface area contributed by atoms with Crippen LogP contribution >= 0.6 is 0 Å². The monoisotopic (exact) mass is 196 g/mol. The van der Waals surface area contributed by atoms with Crippen molar-refractivity contribution in [2.45, 2.75) is 57.5 Å². The molecule has 80 valence electrons. The smallest absolute Gasteiger partial charge is 0.133 e. The van der Waals surface area contributed by atoms with Gasteiger partial charge < -0.3 is 5.11 Å². The first-order valence-electron chi connectivity index (χ1n) is 5.87. The maximum atomic E-state index is 11.2. The van der Waals surface area contributed by atoms with E-state index in [1.165, 1.54) is 0 Å². The van der Waals surface area contributed by atoms with Gasteiger partial charge in [-0.1, -0.05) is 19.8 Å². The number of aliphatic hydroxyl groups is 1. The van der Waals surface area contributed by atoms with Gasteiger partial charge in [-0.05, 0) is 31.1 Å². The largest absolute Gasteiger partial charge is 0.390 e. The summed E-state index contributed by atoms with van der Waals surface area (Å²) in [5, 5.41) is 10.3. The summed E-state index contributed by atoms with van der Waals surface area (Å²) in [7, 11) is 0. The number of rotatable bonds is 3. The van der Waals surface area contributed by atoms with Crippen molar-refractivity contribution in [2.75, 3.05) is 0 Å². The molecule has 2 fully saturated rings. The molecule has 3 atom stereocenters. The average Bonchev–Trinajstić information content (AvgIpc) is 2.55. The van der Waals surface area contributed by atoms with Crippen molar-refractivity contribution in [2.24, 2.45) is 11.8 Å². The number of Topliss-reactive ketones (excluding diaryl/α,β-unsaturated/α-hetero) is 1. The molecule has 2 aliphatic carbocycles. The number of carbonyl (C=O) groups is 1. The second-order valence-electron chi connectivity index (χ2n) is 5.20. The molecule has 0 aromatic heterocycles.